The van der Waals surface area contributed by atoms with Crippen molar-refractivity contribution in [2.45, 2.75) is 53.0 Å². The van der Waals surface area contributed by atoms with E-state index in [0.29, 0.717) is 5.69 Å². The normalized spacial score (nSPS) is 12.6. The molecular formula is C16H22BrN3O. The van der Waals surface area contributed by atoms with E-state index in [4.69, 9.17) is 0 Å². The standard InChI is InChI=1S/C16H22BrN3O/c1-5-7-13-14(16(21)18-11(4)6-2)20-9-10(3)8-12(17)15(20)19-13/h8-9,11H,5-7H2,1-4H3,(H,18,21). The van der Waals surface area contributed by atoms with Gasteiger partial charge in [-0.1, -0.05) is 20.3 Å². The van der Waals surface area contributed by atoms with Crippen molar-refractivity contribution in [3.63, 3.8) is 0 Å². The molecule has 0 saturated heterocycles. The van der Waals surface area contributed by atoms with Crippen LogP contribution in [0.4, 0.5) is 0 Å². The van der Waals surface area contributed by atoms with Crippen LogP contribution >= 0.6 is 15.9 Å². The average molecular weight is 352 g/mol. The first-order valence-electron chi connectivity index (χ1n) is 7.45. The second kappa shape index (κ2) is 6.60. The quantitative estimate of drug-likeness (QED) is 0.888. The number of imidazole rings is 1. The van der Waals surface area contributed by atoms with Crippen LogP contribution < -0.4 is 5.32 Å². The summed E-state index contributed by atoms with van der Waals surface area (Å²) >= 11 is 3.54. The lowest BCUT2D eigenvalue weighted by Gasteiger charge is -2.12. The smallest absolute Gasteiger partial charge is 0.270 e. The molecule has 0 radical (unpaired) electrons. The van der Waals surface area contributed by atoms with E-state index in [2.05, 4.69) is 40.1 Å². The van der Waals surface area contributed by atoms with Crippen LogP contribution in [0.3, 0.4) is 0 Å². The molecule has 0 aliphatic carbocycles. The van der Waals surface area contributed by atoms with Crippen LogP contribution in [-0.2, 0) is 6.42 Å². The van der Waals surface area contributed by atoms with Crippen molar-refractivity contribution in [2.24, 2.45) is 0 Å². The summed E-state index contributed by atoms with van der Waals surface area (Å²) in [5.74, 6) is -0.0437. The van der Waals surface area contributed by atoms with Gasteiger partial charge in [0.2, 0.25) is 0 Å². The molecule has 1 N–H and O–H groups in total. The predicted molar refractivity (Wildman–Crippen MR) is 88.8 cm³/mol. The Morgan fingerprint density at radius 2 is 2.19 bits per heavy atom. The van der Waals surface area contributed by atoms with Gasteiger partial charge < -0.3 is 5.32 Å². The molecule has 4 nitrogen and oxygen atoms in total. The Hall–Kier alpha value is -1.36. The fourth-order valence-corrected chi connectivity index (χ4v) is 2.97. The van der Waals surface area contributed by atoms with Gasteiger partial charge in [-0.15, -0.1) is 0 Å². The van der Waals surface area contributed by atoms with Crippen molar-refractivity contribution < 1.29 is 4.79 Å². The van der Waals surface area contributed by atoms with E-state index in [9.17, 15) is 4.79 Å². The van der Waals surface area contributed by atoms with Gasteiger partial charge >= 0.3 is 0 Å². The molecule has 0 saturated carbocycles. The first kappa shape index (κ1) is 16.0. The van der Waals surface area contributed by atoms with E-state index in [-0.39, 0.29) is 11.9 Å². The van der Waals surface area contributed by atoms with Gasteiger partial charge in [0.05, 0.1) is 10.2 Å². The first-order chi connectivity index (χ1) is 9.97. The second-order valence-corrected chi connectivity index (χ2v) is 6.35. The van der Waals surface area contributed by atoms with E-state index in [1.165, 1.54) is 0 Å². The summed E-state index contributed by atoms with van der Waals surface area (Å²) in [6.45, 7) is 8.19. The summed E-state index contributed by atoms with van der Waals surface area (Å²) < 4.78 is 2.82. The lowest BCUT2D eigenvalue weighted by atomic mass is 10.2. The zero-order valence-electron chi connectivity index (χ0n) is 13.0. The molecule has 0 aliphatic rings. The number of fused-ring (bicyclic) bond motifs is 1. The molecule has 5 heteroatoms. The number of amides is 1. The van der Waals surface area contributed by atoms with E-state index >= 15 is 0 Å². The number of hydrogen-bond donors (Lipinski definition) is 1. The number of rotatable bonds is 5. The maximum absolute atomic E-state index is 12.6. The van der Waals surface area contributed by atoms with Crippen molar-refractivity contribution in [1.29, 1.82) is 0 Å². The van der Waals surface area contributed by atoms with Crippen LogP contribution in [0.2, 0.25) is 0 Å². The van der Waals surface area contributed by atoms with Gasteiger partial charge in [0, 0.05) is 12.2 Å². The number of aryl methyl sites for hydroxylation is 2. The summed E-state index contributed by atoms with van der Waals surface area (Å²) in [6, 6.07) is 2.18. The topological polar surface area (TPSA) is 46.4 Å². The minimum atomic E-state index is -0.0437. The molecule has 0 aromatic carbocycles. The molecular weight excluding hydrogens is 330 g/mol. The molecule has 1 amide bonds. The summed E-state index contributed by atoms with van der Waals surface area (Å²) in [5, 5.41) is 3.05. The van der Waals surface area contributed by atoms with Crippen LogP contribution in [0.5, 0.6) is 0 Å². The van der Waals surface area contributed by atoms with Crippen molar-refractivity contribution in [1.82, 2.24) is 14.7 Å². The monoisotopic (exact) mass is 351 g/mol. The minimum Gasteiger partial charge on any atom is -0.348 e. The third kappa shape index (κ3) is 3.28. The van der Waals surface area contributed by atoms with Gasteiger partial charge in [-0.3, -0.25) is 9.20 Å². The molecule has 2 aromatic heterocycles. The third-order valence-electron chi connectivity index (χ3n) is 3.58. The number of carbonyl (C=O) groups is 1. The molecule has 0 spiro atoms. The van der Waals surface area contributed by atoms with Crippen molar-refractivity contribution >= 4 is 27.5 Å². The fourth-order valence-electron chi connectivity index (χ4n) is 2.32. The van der Waals surface area contributed by atoms with Crippen LogP contribution in [0, 0.1) is 6.92 Å². The Morgan fingerprint density at radius 1 is 1.48 bits per heavy atom. The van der Waals surface area contributed by atoms with Crippen LogP contribution in [0.25, 0.3) is 5.65 Å². The van der Waals surface area contributed by atoms with E-state index in [0.717, 1.165) is 40.6 Å². The second-order valence-electron chi connectivity index (χ2n) is 5.50. The van der Waals surface area contributed by atoms with Gasteiger partial charge in [0.1, 0.15) is 5.69 Å². The molecule has 1 unspecified atom stereocenters. The number of hydrogen-bond acceptors (Lipinski definition) is 2. The zero-order valence-corrected chi connectivity index (χ0v) is 14.6. The van der Waals surface area contributed by atoms with Crippen LogP contribution in [0.15, 0.2) is 16.7 Å². The Bertz CT molecular complexity index is 663. The van der Waals surface area contributed by atoms with Crippen molar-refractivity contribution in [2.75, 3.05) is 0 Å². The fraction of sp³-hybridized carbons (Fsp3) is 0.500. The Kier molecular flexibility index (Phi) is 5.04. The average Bonchev–Trinajstić information content (AvgIpc) is 2.77. The van der Waals surface area contributed by atoms with Gasteiger partial charge in [-0.25, -0.2) is 4.98 Å². The maximum atomic E-state index is 12.6. The Balaban J connectivity index is 2.57. The molecule has 2 rings (SSSR count). The van der Waals surface area contributed by atoms with Gasteiger partial charge in [-0.05, 0) is 54.2 Å². The minimum absolute atomic E-state index is 0.0437. The highest BCUT2D eigenvalue weighted by molar-refractivity contribution is 9.10. The van der Waals surface area contributed by atoms with Gasteiger partial charge in [-0.2, -0.15) is 0 Å². The third-order valence-corrected chi connectivity index (χ3v) is 4.16. The highest BCUT2D eigenvalue weighted by Crippen LogP contribution is 2.23. The van der Waals surface area contributed by atoms with E-state index < -0.39 is 0 Å². The predicted octanol–water partition coefficient (Wildman–Crippen LogP) is 3.89. The van der Waals surface area contributed by atoms with E-state index in [1.807, 2.05) is 30.5 Å². The largest absolute Gasteiger partial charge is 0.348 e. The molecule has 0 fully saturated rings. The van der Waals surface area contributed by atoms with Crippen molar-refractivity contribution in [3.05, 3.63) is 33.7 Å². The summed E-state index contributed by atoms with van der Waals surface area (Å²) in [5.41, 5.74) is 3.42. The Labute approximate surface area is 134 Å². The summed E-state index contributed by atoms with van der Waals surface area (Å²) in [6.07, 6.45) is 4.65. The SMILES string of the molecule is CCCc1nc2c(Br)cc(C)cn2c1C(=O)NC(C)CC. The lowest BCUT2D eigenvalue weighted by molar-refractivity contribution is 0.0932. The van der Waals surface area contributed by atoms with Crippen LogP contribution in [-0.4, -0.2) is 21.3 Å². The number of nitrogens with zero attached hydrogens (tertiary/aromatic N) is 2. The first-order valence-corrected chi connectivity index (χ1v) is 8.25. The highest BCUT2D eigenvalue weighted by Gasteiger charge is 2.21. The summed E-state index contributed by atoms with van der Waals surface area (Å²) in [4.78, 5) is 17.3. The maximum Gasteiger partial charge on any atom is 0.270 e. The zero-order chi connectivity index (χ0) is 15.6. The Morgan fingerprint density at radius 3 is 2.81 bits per heavy atom. The number of pyridine rings is 1. The molecule has 2 heterocycles. The van der Waals surface area contributed by atoms with E-state index in [1.54, 1.807) is 0 Å². The molecule has 2 aromatic rings. The molecule has 0 bridgehead atoms. The number of nitrogens with one attached hydrogen (secondary N) is 1. The van der Waals surface area contributed by atoms with Gasteiger partial charge in [0.15, 0.2) is 5.65 Å². The number of carbonyl (C=O) groups excluding carboxylic acids is 1. The number of aromatic nitrogens is 2. The summed E-state index contributed by atoms with van der Waals surface area (Å²) in [7, 11) is 0. The highest BCUT2D eigenvalue weighted by atomic mass is 79.9. The number of halogens is 1. The molecule has 114 valence electrons. The molecule has 0 aliphatic heterocycles. The molecule has 1 atom stereocenters. The molecule has 21 heavy (non-hydrogen) atoms. The van der Waals surface area contributed by atoms with Gasteiger partial charge in [0.25, 0.3) is 5.91 Å². The van der Waals surface area contributed by atoms with Crippen LogP contribution in [0.1, 0.15) is 55.4 Å². The van der Waals surface area contributed by atoms with Crippen molar-refractivity contribution in [3.8, 4) is 0 Å². The lowest BCUT2D eigenvalue weighted by Crippen LogP contribution is -2.33.